The van der Waals surface area contributed by atoms with Gasteiger partial charge in [-0.25, -0.2) is 4.39 Å². The Bertz CT molecular complexity index is 1490. The average Bonchev–Trinajstić information content (AvgIpc) is 3.65. The number of amides is 1. The summed E-state index contributed by atoms with van der Waals surface area (Å²) in [7, 11) is 0. The molecule has 0 atom stereocenters. The molecule has 198 valence electrons. The third-order valence-electron chi connectivity index (χ3n) is 6.60. The van der Waals surface area contributed by atoms with E-state index in [0.717, 1.165) is 46.0 Å². The number of benzene rings is 3. The number of fused-ring (bicyclic) bond motifs is 1. The summed E-state index contributed by atoms with van der Waals surface area (Å²) in [6.07, 6.45) is -2.88. The van der Waals surface area contributed by atoms with E-state index in [1.165, 1.54) is 6.07 Å². The van der Waals surface area contributed by atoms with Crippen LogP contribution in [0, 0.1) is 5.82 Å². The Morgan fingerprint density at radius 3 is 2.47 bits per heavy atom. The number of halogens is 5. The highest BCUT2D eigenvalue weighted by Gasteiger charge is 2.35. The molecular formula is C29H25ClF4N2OS. The molecule has 1 aliphatic rings. The van der Waals surface area contributed by atoms with Crippen molar-refractivity contribution in [2.75, 3.05) is 5.75 Å². The fraction of sp³-hybridized carbons (Fsp3) is 0.276. The van der Waals surface area contributed by atoms with Crippen molar-refractivity contribution in [1.29, 1.82) is 0 Å². The molecule has 0 unspecified atom stereocenters. The van der Waals surface area contributed by atoms with Gasteiger partial charge in [-0.05, 0) is 72.2 Å². The summed E-state index contributed by atoms with van der Waals surface area (Å²) in [5.41, 5.74) is 1.70. The first-order valence-electron chi connectivity index (χ1n) is 12.3. The van der Waals surface area contributed by atoms with Gasteiger partial charge in [-0.3, -0.25) is 4.79 Å². The lowest BCUT2D eigenvalue weighted by atomic mass is 10.0. The molecule has 1 heterocycles. The van der Waals surface area contributed by atoms with Crippen LogP contribution < -0.4 is 5.32 Å². The second-order valence-corrected chi connectivity index (χ2v) is 11.1. The molecule has 1 amide bonds. The van der Waals surface area contributed by atoms with Gasteiger partial charge in [0.05, 0.1) is 21.7 Å². The summed E-state index contributed by atoms with van der Waals surface area (Å²) in [5, 5.41) is 3.89. The molecule has 1 N–H and O–H groups in total. The van der Waals surface area contributed by atoms with E-state index in [2.05, 4.69) is 12.2 Å². The minimum Gasteiger partial charge on any atom is -0.348 e. The molecule has 3 nitrogen and oxygen atoms in total. The minimum absolute atomic E-state index is 0.00368. The summed E-state index contributed by atoms with van der Waals surface area (Å²) in [6.45, 7) is 2.42. The van der Waals surface area contributed by atoms with Crippen molar-refractivity contribution < 1.29 is 22.4 Å². The zero-order valence-electron chi connectivity index (χ0n) is 20.5. The highest BCUT2D eigenvalue weighted by molar-refractivity contribution is 7.99. The van der Waals surface area contributed by atoms with Crippen LogP contribution in [0.25, 0.3) is 10.9 Å². The van der Waals surface area contributed by atoms with Crippen LogP contribution in [0.15, 0.2) is 65.6 Å². The largest absolute Gasteiger partial charge is 0.416 e. The number of nitrogens with zero attached hydrogens (tertiary/aromatic N) is 1. The van der Waals surface area contributed by atoms with E-state index in [0.29, 0.717) is 23.9 Å². The van der Waals surface area contributed by atoms with Gasteiger partial charge in [0.25, 0.3) is 5.91 Å². The molecule has 0 aliphatic heterocycles. The molecule has 1 aliphatic carbocycles. The number of nitrogens with one attached hydrogen (secondary N) is 1. The maximum Gasteiger partial charge on any atom is 0.416 e. The SMILES string of the molecule is CCSc1ccc(CNC(=O)c2cc3cc(Cc4ccc(F)cc4C(F)(F)F)n(C4CC4)c3cc2Cl)cc1. The van der Waals surface area contributed by atoms with Gasteiger partial charge >= 0.3 is 6.18 Å². The van der Waals surface area contributed by atoms with Crippen LogP contribution in [0.3, 0.4) is 0 Å². The Balaban J connectivity index is 1.43. The fourth-order valence-corrected chi connectivity index (χ4v) is 5.60. The first-order chi connectivity index (χ1) is 18.1. The lowest BCUT2D eigenvalue weighted by Gasteiger charge is -2.15. The van der Waals surface area contributed by atoms with E-state index in [-0.39, 0.29) is 29.0 Å². The van der Waals surface area contributed by atoms with Crippen molar-refractivity contribution in [1.82, 2.24) is 9.88 Å². The second kappa shape index (κ2) is 10.7. The molecule has 0 saturated heterocycles. The van der Waals surface area contributed by atoms with E-state index >= 15 is 0 Å². The molecule has 3 aromatic carbocycles. The van der Waals surface area contributed by atoms with E-state index in [1.54, 1.807) is 30.0 Å². The third kappa shape index (κ3) is 5.71. The van der Waals surface area contributed by atoms with Crippen LogP contribution in [0.2, 0.25) is 5.02 Å². The number of carbonyl (C=O) groups is 1. The van der Waals surface area contributed by atoms with E-state index < -0.39 is 17.6 Å². The Kier molecular flexibility index (Phi) is 7.47. The summed E-state index contributed by atoms with van der Waals surface area (Å²) < 4.78 is 56.5. The number of thioether (sulfide) groups is 1. The number of hydrogen-bond donors (Lipinski definition) is 1. The topological polar surface area (TPSA) is 34.0 Å². The molecular weight excluding hydrogens is 536 g/mol. The van der Waals surface area contributed by atoms with Gasteiger partial charge in [0.15, 0.2) is 0 Å². The number of carbonyl (C=O) groups excluding carboxylic acids is 1. The predicted molar refractivity (Wildman–Crippen MR) is 143 cm³/mol. The van der Waals surface area contributed by atoms with E-state index in [9.17, 15) is 22.4 Å². The number of rotatable bonds is 8. The van der Waals surface area contributed by atoms with Gasteiger partial charge in [0.1, 0.15) is 5.82 Å². The highest BCUT2D eigenvalue weighted by atomic mass is 35.5. The first kappa shape index (κ1) is 26.6. The van der Waals surface area contributed by atoms with E-state index in [4.69, 9.17) is 11.6 Å². The molecule has 0 radical (unpaired) electrons. The van der Waals surface area contributed by atoms with Crippen molar-refractivity contribution in [3.8, 4) is 0 Å². The van der Waals surface area contributed by atoms with Crippen molar-refractivity contribution in [3.63, 3.8) is 0 Å². The summed E-state index contributed by atoms with van der Waals surface area (Å²) in [6, 6.07) is 16.1. The number of alkyl halides is 3. The Morgan fingerprint density at radius 2 is 1.82 bits per heavy atom. The smallest absolute Gasteiger partial charge is 0.348 e. The third-order valence-corrected chi connectivity index (χ3v) is 7.81. The van der Waals surface area contributed by atoms with Crippen LogP contribution in [-0.2, 0) is 19.1 Å². The first-order valence-corrected chi connectivity index (χ1v) is 13.7. The summed E-state index contributed by atoms with van der Waals surface area (Å²) in [4.78, 5) is 14.2. The zero-order chi connectivity index (χ0) is 27.0. The van der Waals surface area contributed by atoms with Crippen molar-refractivity contribution in [2.45, 2.75) is 49.8 Å². The maximum absolute atomic E-state index is 13.6. The molecule has 1 saturated carbocycles. The average molecular weight is 561 g/mol. The Labute approximate surface area is 227 Å². The van der Waals surface area contributed by atoms with Gasteiger partial charge in [-0.15, -0.1) is 11.8 Å². The van der Waals surface area contributed by atoms with Gasteiger partial charge in [-0.1, -0.05) is 36.7 Å². The standard InChI is InChI=1S/C29H25ClF4N2OS/c1-2-38-23-9-3-17(4-10-23)16-35-28(37)24-13-19-12-22(36(21-7-8-21)27(19)15-26(24)30)11-18-5-6-20(31)14-25(18)29(32,33)34/h3-6,9-10,12-15,21H,2,7-8,11,16H2,1H3,(H,35,37). The highest BCUT2D eigenvalue weighted by Crippen LogP contribution is 2.42. The molecule has 38 heavy (non-hydrogen) atoms. The molecule has 4 aromatic rings. The molecule has 1 aromatic heterocycles. The minimum atomic E-state index is -4.67. The maximum atomic E-state index is 13.6. The summed E-state index contributed by atoms with van der Waals surface area (Å²) in [5.74, 6) is -0.279. The van der Waals surface area contributed by atoms with Crippen LogP contribution in [0.1, 0.15) is 58.5 Å². The quantitative estimate of drug-likeness (QED) is 0.173. The van der Waals surface area contributed by atoms with Crippen LogP contribution in [-0.4, -0.2) is 16.2 Å². The van der Waals surface area contributed by atoms with Gasteiger partial charge < -0.3 is 9.88 Å². The molecule has 9 heteroatoms. The van der Waals surface area contributed by atoms with Crippen molar-refractivity contribution in [3.05, 3.63) is 99.5 Å². The van der Waals surface area contributed by atoms with E-state index in [1.807, 2.05) is 28.8 Å². The number of aromatic nitrogens is 1. The van der Waals surface area contributed by atoms with Gasteiger partial charge in [-0.2, -0.15) is 13.2 Å². The molecule has 1 fully saturated rings. The lowest BCUT2D eigenvalue weighted by Crippen LogP contribution is -2.23. The molecule has 5 rings (SSSR count). The predicted octanol–water partition coefficient (Wildman–Crippen LogP) is 8.42. The molecule has 0 bridgehead atoms. The zero-order valence-corrected chi connectivity index (χ0v) is 22.1. The van der Waals surface area contributed by atoms with Crippen molar-refractivity contribution in [2.24, 2.45) is 0 Å². The second-order valence-electron chi connectivity index (χ2n) is 9.36. The Hall–Kier alpha value is -2.97. The van der Waals surface area contributed by atoms with Gasteiger partial charge in [0, 0.05) is 35.0 Å². The van der Waals surface area contributed by atoms with Crippen molar-refractivity contribution >= 4 is 40.2 Å². The number of hydrogen-bond acceptors (Lipinski definition) is 2. The Morgan fingerprint density at radius 1 is 1.08 bits per heavy atom. The summed E-state index contributed by atoms with van der Waals surface area (Å²) >= 11 is 8.28. The lowest BCUT2D eigenvalue weighted by molar-refractivity contribution is -0.138. The van der Waals surface area contributed by atoms with Crippen LogP contribution >= 0.6 is 23.4 Å². The van der Waals surface area contributed by atoms with Crippen LogP contribution in [0.5, 0.6) is 0 Å². The fourth-order valence-electron chi connectivity index (χ4n) is 4.69. The van der Waals surface area contributed by atoms with Gasteiger partial charge in [0.2, 0.25) is 0 Å². The normalized spacial score (nSPS) is 13.7. The molecule has 0 spiro atoms. The van der Waals surface area contributed by atoms with Crippen LogP contribution in [0.4, 0.5) is 17.6 Å². The monoisotopic (exact) mass is 560 g/mol.